The molecule has 3 heteroatoms. The van der Waals surface area contributed by atoms with Gasteiger partial charge in [0.25, 0.3) is 0 Å². The molecule has 0 bridgehead atoms. The van der Waals surface area contributed by atoms with Crippen LogP contribution < -0.4 is 4.74 Å². The number of amidine groups is 1. The van der Waals surface area contributed by atoms with Gasteiger partial charge < -0.3 is 9.64 Å². The number of likely N-dealkylation sites (tertiary alicyclic amines) is 1. The van der Waals surface area contributed by atoms with Crippen molar-refractivity contribution in [3.05, 3.63) is 29.8 Å². The predicted octanol–water partition coefficient (Wildman–Crippen LogP) is 2.51. The van der Waals surface area contributed by atoms with Crippen LogP contribution in [0.1, 0.15) is 25.3 Å². The summed E-state index contributed by atoms with van der Waals surface area (Å²) in [7, 11) is 0. The molecule has 2 rings (SSSR count). The SMILES string of the molecule is CCOc1cccc(C(=N)N2CCCC2)c1. The number of rotatable bonds is 3. The second kappa shape index (κ2) is 5.01. The Balaban J connectivity index is 2.12. The maximum atomic E-state index is 8.13. The van der Waals surface area contributed by atoms with Crippen molar-refractivity contribution in [3.8, 4) is 5.75 Å². The smallest absolute Gasteiger partial charge is 0.128 e. The second-order valence-electron chi connectivity index (χ2n) is 4.00. The van der Waals surface area contributed by atoms with E-state index in [0.29, 0.717) is 12.4 Å². The maximum absolute atomic E-state index is 8.13. The minimum absolute atomic E-state index is 0.624. The number of hydrogen-bond acceptors (Lipinski definition) is 2. The van der Waals surface area contributed by atoms with Crippen LogP contribution in [0, 0.1) is 5.41 Å². The Morgan fingerprint density at radius 3 is 2.81 bits per heavy atom. The first-order valence-electron chi connectivity index (χ1n) is 5.88. The minimum Gasteiger partial charge on any atom is -0.494 e. The molecule has 1 heterocycles. The van der Waals surface area contributed by atoms with Crippen molar-refractivity contribution < 1.29 is 4.74 Å². The van der Waals surface area contributed by atoms with Gasteiger partial charge in [0.1, 0.15) is 11.6 Å². The van der Waals surface area contributed by atoms with Gasteiger partial charge in [-0.2, -0.15) is 0 Å². The highest BCUT2D eigenvalue weighted by Crippen LogP contribution is 2.17. The molecule has 0 radical (unpaired) electrons. The van der Waals surface area contributed by atoms with E-state index >= 15 is 0 Å². The minimum atomic E-state index is 0.624. The lowest BCUT2D eigenvalue weighted by atomic mass is 10.2. The molecule has 3 nitrogen and oxygen atoms in total. The standard InChI is InChI=1S/C13H18N2O/c1-2-16-12-7-5-6-11(10-12)13(14)15-8-3-4-9-15/h5-7,10,14H,2-4,8-9H2,1H3. The average molecular weight is 218 g/mol. The lowest BCUT2D eigenvalue weighted by Crippen LogP contribution is -2.27. The van der Waals surface area contributed by atoms with Crippen LogP contribution >= 0.6 is 0 Å². The van der Waals surface area contributed by atoms with Crippen LogP contribution in [0.2, 0.25) is 0 Å². The van der Waals surface area contributed by atoms with Gasteiger partial charge in [0.15, 0.2) is 0 Å². The molecule has 1 aromatic carbocycles. The van der Waals surface area contributed by atoms with Gasteiger partial charge in [0, 0.05) is 18.7 Å². The van der Waals surface area contributed by atoms with Crippen molar-refractivity contribution in [1.29, 1.82) is 5.41 Å². The fraction of sp³-hybridized carbons (Fsp3) is 0.462. The van der Waals surface area contributed by atoms with Crippen LogP contribution in [0.25, 0.3) is 0 Å². The molecule has 0 spiro atoms. The third kappa shape index (κ3) is 2.35. The molecule has 16 heavy (non-hydrogen) atoms. The normalized spacial score (nSPS) is 15.2. The molecule has 1 aliphatic rings. The first-order chi connectivity index (χ1) is 7.81. The van der Waals surface area contributed by atoms with E-state index in [0.717, 1.165) is 24.4 Å². The molecule has 1 aromatic rings. The maximum Gasteiger partial charge on any atom is 0.128 e. The Morgan fingerprint density at radius 2 is 2.12 bits per heavy atom. The van der Waals surface area contributed by atoms with Crippen molar-refractivity contribution >= 4 is 5.84 Å². The molecule has 0 atom stereocenters. The topological polar surface area (TPSA) is 36.3 Å². The number of nitrogens with one attached hydrogen (secondary N) is 1. The fourth-order valence-electron chi connectivity index (χ4n) is 2.02. The van der Waals surface area contributed by atoms with Gasteiger partial charge in [0.05, 0.1) is 6.61 Å². The monoisotopic (exact) mass is 218 g/mol. The Hall–Kier alpha value is -1.51. The summed E-state index contributed by atoms with van der Waals surface area (Å²) in [6, 6.07) is 7.81. The zero-order valence-electron chi connectivity index (χ0n) is 9.70. The Kier molecular flexibility index (Phi) is 3.44. The summed E-state index contributed by atoms with van der Waals surface area (Å²) < 4.78 is 5.44. The third-order valence-electron chi connectivity index (χ3n) is 2.84. The predicted molar refractivity (Wildman–Crippen MR) is 65.2 cm³/mol. The first-order valence-corrected chi connectivity index (χ1v) is 5.88. The molecule has 1 fully saturated rings. The van der Waals surface area contributed by atoms with Gasteiger partial charge in [0.2, 0.25) is 0 Å². The Bertz CT molecular complexity index is 370. The van der Waals surface area contributed by atoms with Crippen molar-refractivity contribution in [2.45, 2.75) is 19.8 Å². The van der Waals surface area contributed by atoms with Crippen molar-refractivity contribution in [1.82, 2.24) is 4.90 Å². The van der Waals surface area contributed by atoms with Crippen molar-refractivity contribution in [3.63, 3.8) is 0 Å². The van der Waals surface area contributed by atoms with Crippen LogP contribution in [0.3, 0.4) is 0 Å². The summed E-state index contributed by atoms with van der Waals surface area (Å²) in [5, 5.41) is 8.13. The van der Waals surface area contributed by atoms with Crippen LogP contribution in [0.15, 0.2) is 24.3 Å². The van der Waals surface area contributed by atoms with E-state index in [4.69, 9.17) is 10.1 Å². The van der Waals surface area contributed by atoms with E-state index in [2.05, 4.69) is 4.90 Å². The summed E-state index contributed by atoms with van der Waals surface area (Å²) in [6.07, 6.45) is 2.40. The molecule has 86 valence electrons. The Labute approximate surface area is 96.5 Å². The van der Waals surface area contributed by atoms with Gasteiger partial charge in [-0.25, -0.2) is 0 Å². The van der Waals surface area contributed by atoms with Crippen LogP contribution in [-0.4, -0.2) is 30.4 Å². The van der Waals surface area contributed by atoms with E-state index in [9.17, 15) is 0 Å². The molecule has 0 unspecified atom stereocenters. The molecular weight excluding hydrogens is 200 g/mol. The fourth-order valence-corrected chi connectivity index (χ4v) is 2.02. The lowest BCUT2D eigenvalue weighted by molar-refractivity contribution is 0.340. The summed E-state index contributed by atoms with van der Waals surface area (Å²) >= 11 is 0. The first kappa shape index (κ1) is 11.0. The highest BCUT2D eigenvalue weighted by atomic mass is 16.5. The summed E-state index contributed by atoms with van der Waals surface area (Å²) in [5.74, 6) is 1.48. The number of nitrogens with zero attached hydrogens (tertiary/aromatic N) is 1. The highest BCUT2D eigenvalue weighted by Gasteiger charge is 2.16. The molecule has 0 aliphatic carbocycles. The summed E-state index contributed by atoms with van der Waals surface area (Å²) in [4.78, 5) is 2.13. The molecule has 1 N–H and O–H groups in total. The van der Waals surface area contributed by atoms with Gasteiger partial charge in [-0.1, -0.05) is 12.1 Å². The summed E-state index contributed by atoms with van der Waals surface area (Å²) in [6.45, 7) is 4.66. The lowest BCUT2D eigenvalue weighted by Gasteiger charge is -2.18. The third-order valence-corrected chi connectivity index (χ3v) is 2.84. The second-order valence-corrected chi connectivity index (χ2v) is 4.00. The highest BCUT2D eigenvalue weighted by molar-refractivity contribution is 5.96. The quantitative estimate of drug-likeness (QED) is 0.625. The van der Waals surface area contributed by atoms with Gasteiger partial charge in [-0.05, 0) is 31.9 Å². The zero-order chi connectivity index (χ0) is 11.4. The average Bonchev–Trinajstić information content (AvgIpc) is 2.82. The molecule has 0 amide bonds. The molecule has 0 saturated carbocycles. The number of benzene rings is 1. The van der Waals surface area contributed by atoms with Crippen LogP contribution in [0.5, 0.6) is 5.75 Å². The van der Waals surface area contributed by atoms with E-state index in [1.54, 1.807) is 0 Å². The molecule has 1 saturated heterocycles. The van der Waals surface area contributed by atoms with E-state index in [1.165, 1.54) is 12.8 Å². The van der Waals surface area contributed by atoms with Gasteiger partial charge in [-0.3, -0.25) is 5.41 Å². The Morgan fingerprint density at radius 1 is 1.38 bits per heavy atom. The molecule has 0 aromatic heterocycles. The largest absolute Gasteiger partial charge is 0.494 e. The van der Waals surface area contributed by atoms with Crippen LogP contribution in [-0.2, 0) is 0 Å². The van der Waals surface area contributed by atoms with Gasteiger partial charge in [-0.15, -0.1) is 0 Å². The van der Waals surface area contributed by atoms with E-state index in [1.807, 2.05) is 31.2 Å². The van der Waals surface area contributed by atoms with Crippen molar-refractivity contribution in [2.75, 3.05) is 19.7 Å². The molecular formula is C13H18N2O. The number of hydrogen-bond donors (Lipinski definition) is 1. The van der Waals surface area contributed by atoms with E-state index < -0.39 is 0 Å². The van der Waals surface area contributed by atoms with Gasteiger partial charge >= 0.3 is 0 Å². The van der Waals surface area contributed by atoms with Crippen LogP contribution in [0.4, 0.5) is 0 Å². The summed E-state index contributed by atoms with van der Waals surface area (Å²) in [5.41, 5.74) is 0.952. The van der Waals surface area contributed by atoms with E-state index in [-0.39, 0.29) is 0 Å². The number of ether oxygens (including phenoxy) is 1. The van der Waals surface area contributed by atoms with Crippen molar-refractivity contribution in [2.24, 2.45) is 0 Å². The molecule has 1 aliphatic heterocycles. The zero-order valence-corrected chi connectivity index (χ0v) is 9.70.